The summed E-state index contributed by atoms with van der Waals surface area (Å²) in [5, 5.41) is 0. The molecule has 2 unspecified atom stereocenters. The minimum atomic E-state index is -4.66. The van der Waals surface area contributed by atoms with Gasteiger partial charge in [0.2, 0.25) is 0 Å². The number of unbranched alkanes of at least 4 members (excludes halogenated alkanes) is 33. The molecule has 0 aliphatic heterocycles. The fourth-order valence-corrected chi connectivity index (χ4v) is 10.6. The smallest absolute Gasteiger partial charge is 0.306 e. The monoisotopic (exact) mass is 1220 g/mol. The van der Waals surface area contributed by atoms with Crippen molar-refractivity contribution in [2.24, 2.45) is 0 Å². The zero-order valence-electron chi connectivity index (χ0n) is 56.5. The second-order valence-electron chi connectivity index (χ2n) is 24.9. The number of rotatable bonds is 65. The Balaban J connectivity index is 4.09. The number of carbonyl (C=O) groups excluding carboxylic acids is 2. The van der Waals surface area contributed by atoms with Crippen molar-refractivity contribution in [3.63, 3.8) is 0 Å². The Morgan fingerprint density at radius 1 is 0.372 bits per heavy atom. The van der Waals surface area contributed by atoms with Crippen molar-refractivity contribution in [2.45, 2.75) is 315 Å². The summed E-state index contributed by atoms with van der Waals surface area (Å²) < 4.78 is 34.3. The van der Waals surface area contributed by atoms with Gasteiger partial charge in [-0.25, -0.2) is 0 Å². The lowest BCUT2D eigenvalue weighted by Crippen LogP contribution is -2.37. The van der Waals surface area contributed by atoms with Crippen LogP contribution in [0, 0.1) is 0 Å². The highest BCUT2D eigenvalue weighted by Crippen LogP contribution is 2.38. The lowest BCUT2D eigenvalue weighted by Gasteiger charge is -2.28. The van der Waals surface area contributed by atoms with E-state index >= 15 is 0 Å². The first-order valence-corrected chi connectivity index (χ1v) is 37.1. The van der Waals surface area contributed by atoms with Crippen LogP contribution in [0.4, 0.5) is 0 Å². The van der Waals surface area contributed by atoms with Gasteiger partial charge in [-0.15, -0.1) is 0 Å². The molecule has 9 nitrogen and oxygen atoms in total. The molecule has 0 bridgehead atoms. The lowest BCUT2D eigenvalue weighted by atomic mass is 10.0. The molecule has 0 heterocycles. The number of quaternary nitrogens is 1. The maximum Gasteiger partial charge on any atom is 0.306 e. The van der Waals surface area contributed by atoms with E-state index in [2.05, 4.69) is 123 Å². The summed E-state index contributed by atoms with van der Waals surface area (Å²) in [4.78, 5) is 38.1. The predicted molar refractivity (Wildman–Crippen MR) is 369 cm³/mol. The Morgan fingerprint density at radius 3 is 1.00 bits per heavy atom. The number of hydrogen-bond donors (Lipinski definition) is 0. The van der Waals surface area contributed by atoms with Crippen LogP contribution < -0.4 is 4.89 Å². The molecule has 86 heavy (non-hydrogen) atoms. The Kier molecular flexibility index (Phi) is 63.5. The van der Waals surface area contributed by atoms with Gasteiger partial charge in [0.25, 0.3) is 7.82 Å². The fourth-order valence-electron chi connectivity index (χ4n) is 9.85. The summed E-state index contributed by atoms with van der Waals surface area (Å²) in [6, 6.07) is 0. The number of ether oxygens (including phenoxy) is 2. The second kappa shape index (κ2) is 66.1. The van der Waals surface area contributed by atoms with Gasteiger partial charge in [-0.3, -0.25) is 14.2 Å². The maximum absolute atomic E-state index is 12.9. The van der Waals surface area contributed by atoms with E-state index in [4.69, 9.17) is 18.5 Å². The van der Waals surface area contributed by atoms with E-state index < -0.39 is 26.5 Å². The molecule has 0 fully saturated rings. The molecule has 10 heteroatoms. The van der Waals surface area contributed by atoms with Gasteiger partial charge >= 0.3 is 11.9 Å². The number of phosphoric acid groups is 1. The number of esters is 2. The summed E-state index contributed by atoms with van der Waals surface area (Å²) in [5.74, 6) is -0.858. The summed E-state index contributed by atoms with van der Waals surface area (Å²) >= 11 is 0. The van der Waals surface area contributed by atoms with E-state index in [9.17, 15) is 19.0 Å². The molecule has 0 spiro atoms. The van der Waals surface area contributed by atoms with Gasteiger partial charge in [0.05, 0.1) is 27.7 Å². The molecule has 0 rings (SSSR count). The summed E-state index contributed by atoms with van der Waals surface area (Å²) in [6.45, 7) is 4.12. The number of nitrogens with zero attached hydrogens (tertiary/aromatic N) is 1. The highest BCUT2D eigenvalue weighted by molar-refractivity contribution is 7.45. The zero-order valence-corrected chi connectivity index (χ0v) is 57.4. The van der Waals surface area contributed by atoms with Crippen LogP contribution in [0.1, 0.15) is 309 Å². The minimum absolute atomic E-state index is 0.0405. The number of likely N-dealkylation sites (N-methyl/N-ethyl adjacent to an activating group) is 1. The first kappa shape index (κ1) is 82.7. The lowest BCUT2D eigenvalue weighted by molar-refractivity contribution is -0.870. The van der Waals surface area contributed by atoms with E-state index in [1.807, 2.05) is 21.1 Å². The van der Waals surface area contributed by atoms with Gasteiger partial charge in [-0.05, 0) is 103 Å². The van der Waals surface area contributed by atoms with E-state index in [0.29, 0.717) is 17.4 Å². The van der Waals surface area contributed by atoms with Crippen LogP contribution in [0.25, 0.3) is 0 Å². The van der Waals surface area contributed by atoms with Gasteiger partial charge in [0.1, 0.15) is 19.8 Å². The van der Waals surface area contributed by atoms with Gasteiger partial charge in [0, 0.05) is 12.8 Å². The maximum atomic E-state index is 12.9. The summed E-state index contributed by atoms with van der Waals surface area (Å²) in [6.07, 6.45) is 93.2. The van der Waals surface area contributed by atoms with Crippen molar-refractivity contribution in [2.75, 3.05) is 47.5 Å². The molecule has 0 aromatic heterocycles. The Bertz CT molecular complexity index is 1820. The number of hydrogen-bond acceptors (Lipinski definition) is 8. The Labute approximate surface area is 531 Å². The molecule has 0 aromatic rings. The molecule has 2 atom stereocenters. The predicted octanol–water partition coefficient (Wildman–Crippen LogP) is 22.6. The molecular formula is C76H134NO8P. The topological polar surface area (TPSA) is 111 Å². The van der Waals surface area contributed by atoms with Crippen LogP contribution in [0.2, 0.25) is 0 Å². The molecule has 0 aromatic carbocycles. The molecule has 0 saturated carbocycles. The SMILES string of the molecule is CC/C=C\C/C=C\C/C=C\C/C=C\C/C=C\C/C=C\C/C=C\C/C=C\CCCCCCC(=O)OC(COC(=O)CCCCCCCCCCCCCCCCCCCCCCC/C=C\CCCCCCCCCC)COP(=O)([O-])OCC[N+](C)(C)C. The molecule has 0 radical (unpaired) electrons. The molecule has 0 saturated heterocycles. The minimum Gasteiger partial charge on any atom is -0.756 e. The van der Waals surface area contributed by atoms with E-state index in [1.165, 1.54) is 180 Å². The van der Waals surface area contributed by atoms with Crippen LogP contribution in [-0.2, 0) is 32.7 Å². The normalized spacial score (nSPS) is 13.8. The van der Waals surface area contributed by atoms with Crippen LogP contribution in [0.5, 0.6) is 0 Å². The highest BCUT2D eigenvalue weighted by Gasteiger charge is 2.22. The molecule has 0 aliphatic rings. The van der Waals surface area contributed by atoms with Crippen LogP contribution in [0.3, 0.4) is 0 Å². The molecule has 496 valence electrons. The average molecular weight is 1220 g/mol. The van der Waals surface area contributed by atoms with Crippen LogP contribution >= 0.6 is 7.82 Å². The highest BCUT2D eigenvalue weighted by atomic mass is 31.2. The largest absolute Gasteiger partial charge is 0.756 e. The van der Waals surface area contributed by atoms with Crippen molar-refractivity contribution >= 4 is 19.8 Å². The Morgan fingerprint density at radius 2 is 0.663 bits per heavy atom. The first-order chi connectivity index (χ1) is 42.0. The van der Waals surface area contributed by atoms with Crippen molar-refractivity contribution in [3.8, 4) is 0 Å². The zero-order chi connectivity index (χ0) is 62.6. The first-order valence-electron chi connectivity index (χ1n) is 35.6. The third-order valence-electron chi connectivity index (χ3n) is 15.3. The molecule has 0 aliphatic carbocycles. The Hall–Kier alpha value is -3.33. The molecular weight excluding hydrogens is 1090 g/mol. The van der Waals surface area contributed by atoms with Crippen molar-refractivity contribution in [1.82, 2.24) is 0 Å². The van der Waals surface area contributed by atoms with Crippen LogP contribution in [-0.4, -0.2) is 70.0 Å². The van der Waals surface area contributed by atoms with Crippen molar-refractivity contribution in [1.29, 1.82) is 0 Å². The molecule has 0 N–H and O–H groups in total. The van der Waals surface area contributed by atoms with Gasteiger partial charge in [0.15, 0.2) is 6.10 Å². The number of allylic oxidation sites excluding steroid dienone is 18. The van der Waals surface area contributed by atoms with E-state index in [-0.39, 0.29) is 32.0 Å². The van der Waals surface area contributed by atoms with Crippen LogP contribution in [0.15, 0.2) is 109 Å². The van der Waals surface area contributed by atoms with E-state index in [0.717, 1.165) is 96.3 Å². The fraction of sp³-hybridized carbons (Fsp3) is 0.737. The van der Waals surface area contributed by atoms with Crippen molar-refractivity contribution < 1.29 is 42.1 Å². The van der Waals surface area contributed by atoms with Crippen molar-refractivity contribution in [3.05, 3.63) is 109 Å². The number of carbonyl (C=O) groups is 2. The van der Waals surface area contributed by atoms with Gasteiger partial charge < -0.3 is 27.9 Å². The molecule has 0 amide bonds. The second-order valence-corrected chi connectivity index (χ2v) is 26.3. The quantitative estimate of drug-likeness (QED) is 0.0195. The summed E-state index contributed by atoms with van der Waals surface area (Å²) in [5.41, 5.74) is 0. The van der Waals surface area contributed by atoms with Gasteiger partial charge in [-0.1, -0.05) is 303 Å². The average Bonchev–Trinajstić information content (AvgIpc) is 3.67. The summed E-state index contributed by atoms with van der Waals surface area (Å²) in [7, 11) is 1.14. The van der Waals surface area contributed by atoms with E-state index in [1.54, 1.807) is 0 Å². The standard InChI is InChI=1S/C76H134NO8P/c1-6-8-10-12-14-16-18-20-22-24-26-28-30-32-34-36-37-38-39-41-42-44-46-48-50-52-54-56-58-60-62-64-66-68-75(78)82-72-74(73-84-86(80,81)83-71-70-77(3,4)5)85-76(79)69-67-65-63-61-59-57-55-53-51-49-47-45-43-40-35-33-31-29-27-25-23-21-19-17-15-13-11-9-7-2/h9,11,15,17,21,23-24,26-27,29,33,35,43,45,49,51,55,57,74H,6-8,10,12-14,16,18-20,22,25,28,30-32,34,36-42,44,46-48,50,52-54,56,58-73H2,1-5H3/b11-9-,17-15-,23-21-,26-24-,29-27-,35-33-,45-43-,51-49-,57-55-. The third kappa shape index (κ3) is 69.8. The third-order valence-corrected chi connectivity index (χ3v) is 16.2. The number of phosphoric ester groups is 1. The van der Waals surface area contributed by atoms with Gasteiger partial charge in [-0.2, -0.15) is 0 Å².